The third-order valence-electron chi connectivity index (χ3n) is 5.81. The molecule has 3 atom stereocenters. The number of alkyl carbamates (subject to hydrolysis) is 1. The lowest BCUT2D eigenvalue weighted by molar-refractivity contribution is -0.123. The molecule has 1 aromatic heterocycles. The van der Waals surface area contributed by atoms with E-state index in [-0.39, 0.29) is 5.91 Å². The minimum atomic E-state index is -2.41. The molecule has 2 aromatic carbocycles. The Morgan fingerprint density at radius 1 is 1.08 bits per heavy atom. The maximum Gasteiger partial charge on any atom is 0.407 e. The Labute approximate surface area is 216 Å². The van der Waals surface area contributed by atoms with Gasteiger partial charge in [0.1, 0.15) is 6.04 Å². The van der Waals surface area contributed by atoms with Gasteiger partial charge in [-0.3, -0.25) is 9.00 Å². The standard InChI is InChI=1S/C25H28N4O5S2/c1-34-25(31)28-21(14-16-5-3-2-4-6-16)23(30)26-20(22-15-35-24(27-22)18-9-10-18)13-17-7-11-19(12-8-17)29-36(32)33/h2-8,11-12,15,18,20-21,29H,9-10,13-14H2,1H3,(H,26,30)(H,28,31)(H,32,33)/p-1/t20-,21-/m0/s1. The van der Waals surface area contributed by atoms with Crippen molar-refractivity contribution in [3.63, 3.8) is 0 Å². The molecule has 0 saturated heterocycles. The predicted molar refractivity (Wildman–Crippen MR) is 137 cm³/mol. The van der Waals surface area contributed by atoms with Crippen LogP contribution in [0.25, 0.3) is 0 Å². The summed E-state index contributed by atoms with van der Waals surface area (Å²) in [5.74, 6) is 0.139. The first-order valence-corrected chi connectivity index (χ1v) is 13.5. The third kappa shape index (κ3) is 7.36. The molecule has 3 aromatic rings. The van der Waals surface area contributed by atoms with Crippen LogP contribution < -0.4 is 15.4 Å². The summed E-state index contributed by atoms with van der Waals surface area (Å²) in [5, 5.41) is 8.74. The van der Waals surface area contributed by atoms with Crippen LogP contribution in [-0.2, 0) is 33.6 Å². The van der Waals surface area contributed by atoms with Gasteiger partial charge in [-0.2, -0.15) is 0 Å². The number of thiazole rings is 1. The number of methoxy groups -OCH3 is 1. The zero-order valence-corrected chi connectivity index (χ0v) is 21.3. The summed E-state index contributed by atoms with van der Waals surface area (Å²) in [7, 11) is 1.26. The van der Waals surface area contributed by atoms with E-state index in [1.165, 1.54) is 7.11 Å². The molecule has 3 N–H and O–H groups in total. The summed E-state index contributed by atoms with van der Waals surface area (Å²) in [4.78, 5) is 30.2. The van der Waals surface area contributed by atoms with E-state index in [4.69, 9.17) is 9.72 Å². The molecule has 1 unspecified atom stereocenters. The van der Waals surface area contributed by atoms with Gasteiger partial charge in [0.15, 0.2) is 0 Å². The summed E-state index contributed by atoms with van der Waals surface area (Å²) in [6.45, 7) is 0. The largest absolute Gasteiger partial charge is 0.755 e. The van der Waals surface area contributed by atoms with E-state index in [2.05, 4.69) is 15.4 Å². The lowest BCUT2D eigenvalue weighted by Crippen LogP contribution is -2.49. The number of benzene rings is 2. The molecule has 1 fully saturated rings. The maximum atomic E-state index is 13.4. The van der Waals surface area contributed by atoms with Gasteiger partial charge in [-0.05, 0) is 42.5 Å². The van der Waals surface area contributed by atoms with Crippen LogP contribution in [0.15, 0.2) is 60.0 Å². The van der Waals surface area contributed by atoms with E-state index in [1.54, 1.807) is 35.6 Å². The van der Waals surface area contributed by atoms with Crippen LogP contribution in [0.2, 0.25) is 0 Å². The van der Waals surface area contributed by atoms with Crippen molar-refractivity contribution >= 4 is 40.3 Å². The van der Waals surface area contributed by atoms with E-state index in [0.717, 1.165) is 34.7 Å². The first-order valence-electron chi connectivity index (χ1n) is 11.5. The highest BCUT2D eigenvalue weighted by molar-refractivity contribution is 7.80. The Hall–Kier alpha value is -3.28. The SMILES string of the molecule is COC(=O)N[C@@H](Cc1ccccc1)C(=O)N[C@@H](Cc1ccc(NS(=O)[O-])cc1)c1csc(C2CC2)n1. The molecule has 2 amide bonds. The van der Waals surface area contributed by atoms with Gasteiger partial charge in [-0.1, -0.05) is 42.5 Å². The van der Waals surface area contributed by atoms with Crippen molar-refractivity contribution in [3.05, 3.63) is 81.8 Å². The predicted octanol–water partition coefficient (Wildman–Crippen LogP) is 3.59. The van der Waals surface area contributed by atoms with E-state index in [9.17, 15) is 18.4 Å². The Kier molecular flexibility index (Phi) is 8.68. The highest BCUT2D eigenvalue weighted by atomic mass is 32.2. The molecule has 190 valence electrons. The zero-order valence-electron chi connectivity index (χ0n) is 19.6. The van der Waals surface area contributed by atoms with Crippen LogP contribution >= 0.6 is 11.3 Å². The van der Waals surface area contributed by atoms with Crippen LogP contribution in [0, 0.1) is 0 Å². The molecule has 0 aliphatic heterocycles. The number of hydrogen-bond donors (Lipinski definition) is 3. The van der Waals surface area contributed by atoms with Crippen molar-refractivity contribution in [3.8, 4) is 0 Å². The lowest BCUT2D eigenvalue weighted by Gasteiger charge is -2.23. The molecular weight excluding hydrogens is 500 g/mol. The molecule has 0 bridgehead atoms. The number of amides is 2. The van der Waals surface area contributed by atoms with Gasteiger partial charge in [-0.15, -0.1) is 11.3 Å². The number of nitrogens with one attached hydrogen (secondary N) is 3. The molecule has 1 heterocycles. The highest BCUT2D eigenvalue weighted by Gasteiger charge is 2.30. The number of rotatable bonds is 11. The Morgan fingerprint density at radius 2 is 1.78 bits per heavy atom. The number of hydrogen-bond acceptors (Lipinski definition) is 7. The lowest BCUT2D eigenvalue weighted by atomic mass is 10.0. The number of aromatic nitrogens is 1. The van der Waals surface area contributed by atoms with Gasteiger partial charge in [0.2, 0.25) is 5.91 Å². The highest BCUT2D eigenvalue weighted by Crippen LogP contribution is 2.42. The molecule has 1 saturated carbocycles. The molecule has 36 heavy (non-hydrogen) atoms. The summed E-state index contributed by atoms with van der Waals surface area (Å²) in [5.41, 5.74) is 3.00. The van der Waals surface area contributed by atoms with Crippen molar-refractivity contribution < 1.29 is 23.1 Å². The third-order valence-corrected chi connectivity index (χ3v) is 7.24. The van der Waals surface area contributed by atoms with Gasteiger partial charge >= 0.3 is 6.09 Å². The van der Waals surface area contributed by atoms with Crippen LogP contribution in [0.4, 0.5) is 10.5 Å². The van der Waals surface area contributed by atoms with Crippen molar-refractivity contribution in [2.75, 3.05) is 11.8 Å². The topological polar surface area (TPSA) is 132 Å². The van der Waals surface area contributed by atoms with E-state index >= 15 is 0 Å². The van der Waals surface area contributed by atoms with Crippen molar-refractivity contribution in [1.82, 2.24) is 15.6 Å². The average Bonchev–Trinajstić information content (AvgIpc) is 3.61. The number of ether oxygens (including phenoxy) is 1. The van der Waals surface area contributed by atoms with Gasteiger partial charge < -0.3 is 24.6 Å². The monoisotopic (exact) mass is 527 g/mol. The minimum absolute atomic E-state index is 0.297. The van der Waals surface area contributed by atoms with Crippen molar-refractivity contribution in [1.29, 1.82) is 0 Å². The zero-order chi connectivity index (χ0) is 25.5. The van der Waals surface area contributed by atoms with Gasteiger partial charge in [0.25, 0.3) is 0 Å². The Balaban J connectivity index is 1.54. The molecule has 1 aliphatic rings. The van der Waals surface area contributed by atoms with Crippen LogP contribution in [-0.4, -0.2) is 38.9 Å². The van der Waals surface area contributed by atoms with Gasteiger partial charge in [-0.25, -0.2) is 9.78 Å². The average molecular weight is 528 g/mol. The van der Waals surface area contributed by atoms with E-state index in [1.807, 2.05) is 35.7 Å². The summed E-state index contributed by atoms with van der Waals surface area (Å²) in [6, 6.07) is 15.1. The fourth-order valence-electron chi connectivity index (χ4n) is 3.78. The molecule has 11 heteroatoms. The molecule has 9 nitrogen and oxygen atoms in total. The number of carbonyl (C=O) groups is 2. The molecule has 0 radical (unpaired) electrons. The maximum absolute atomic E-state index is 13.4. The second-order valence-electron chi connectivity index (χ2n) is 8.56. The quantitative estimate of drug-likeness (QED) is 0.327. The number of anilines is 1. The first kappa shape index (κ1) is 25.8. The van der Waals surface area contributed by atoms with Crippen LogP contribution in [0.1, 0.15) is 46.6 Å². The fourth-order valence-corrected chi connectivity index (χ4v) is 5.15. The summed E-state index contributed by atoms with van der Waals surface area (Å²) >= 11 is -0.816. The normalized spacial score (nSPS) is 15.4. The first-order chi connectivity index (χ1) is 17.4. The van der Waals surface area contributed by atoms with Crippen LogP contribution in [0.3, 0.4) is 0 Å². The number of carbonyl (C=O) groups excluding carboxylic acids is 2. The minimum Gasteiger partial charge on any atom is -0.755 e. The fraction of sp³-hybridized carbons (Fsp3) is 0.320. The molecular formula is C25H27N4O5S2-. The second kappa shape index (κ2) is 12.1. The Morgan fingerprint density at radius 3 is 2.42 bits per heavy atom. The smallest absolute Gasteiger partial charge is 0.407 e. The molecule has 4 rings (SSSR count). The van der Waals surface area contributed by atoms with Gasteiger partial charge in [0.05, 0.1) is 23.9 Å². The van der Waals surface area contributed by atoms with E-state index in [0.29, 0.717) is 24.4 Å². The van der Waals surface area contributed by atoms with Gasteiger partial charge in [0, 0.05) is 34.7 Å². The summed E-state index contributed by atoms with van der Waals surface area (Å²) < 4.78 is 28.8. The van der Waals surface area contributed by atoms with Crippen LogP contribution in [0.5, 0.6) is 0 Å². The Bertz CT molecular complexity index is 1200. The molecule has 1 aliphatic carbocycles. The summed E-state index contributed by atoms with van der Waals surface area (Å²) in [6.07, 6.45) is 2.30. The molecule has 0 spiro atoms. The second-order valence-corrected chi connectivity index (χ2v) is 10.1. The van der Waals surface area contributed by atoms with Crippen molar-refractivity contribution in [2.24, 2.45) is 0 Å². The number of nitrogens with zero attached hydrogens (tertiary/aromatic N) is 1. The van der Waals surface area contributed by atoms with Crippen molar-refractivity contribution in [2.45, 2.75) is 43.7 Å². The van der Waals surface area contributed by atoms with E-state index < -0.39 is 29.4 Å².